The van der Waals surface area contributed by atoms with Crippen LogP contribution in [0, 0.1) is 47.3 Å². The summed E-state index contributed by atoms with van der Waals surface area (Å²) in [6, 6.07) is 0. The summed E-state index contributed by atoms with van der Waals surface area (Å²) in [6.07, 6.45) is 0. The fraction of sp³-hybridized carbons (Fsp3) is 0. The third-order valence-corrected chi connectivity index (χ3v) is 0. The van der Waals surface area contributed by atoms with Crippen molar-refractivity contribution in [1.82, 2.24) is 0 Å². The minimum absolute atomic E-state index is 0. The van der Waals surface area contributed by atoms with E-state index < -0.39 is 0 Å². The van der Waals surface area contributed by atoms with Crippen molar-refractivity contribution >= 4 is 154 Å². The van der Waals surface area contributed by atoms with E-state index in [1.54, 1.807) is 0 Å². The van der Waals surface area contributed by atoms with E-state index in [0.29, 0.717) is 0 Å². The van der Waals surface area contributed by atoms with E-state index in [1.807, 2.05) is 0 Å². The second-order valence-electron chi connectivity index (χ2n) is 0. The Kier molecular flexibility index (Phi) is 1090. The Hall–Kier alpha value is 3.39. The first-order valence-electron chi connectivity index (χ1n) is 0.894. The monoisotopic (exact) mass is 284 g/mol. The Bertz CT molecular complexity index is 65.3. The molecule has 0 aromatic rings. The molecule has 0 rings (SSSR count). The summed E-state index contributed by atoms with van der Waals surface area (Å²) in [5.74, 6) is 0. The van der Waals surface area contributed by atoms with Gasteiger partial charge in [0.1, 0.15) is 0 Å². The number of hydrogen-bond acceptors (Lipinski definition) is 4. The molecule has 54 valence electrons. The van der Waals surface area contributed by atoms with Gasteiger partial charge >= 0.3 is 0 Å². The maximum Gasteiger partial charge on any atom is 0 e. The van der Waals surface area contributed by atoms with Crippen LogP contribution in [0.1, 0.15) is 0 Å². The molecule has 8 heteroatoms. The molecular formula is C4CuK3N4-4. The zero-order chi connectivity index (χ0) is 8.00. The van der Waals surface area contributed by atoms with Crippen LogP contribution in [-0.4, -0.2) is 154 Å². The van der Waals surface area contributed by atoms with Gasteiger partial charge in [-0.05, 0) is 0 Å². The summed E-state index contributed by atoms with van der Waals surface area (Å²) in [4.78, 5) is 0. The summed E-state index contributed by atoms with van der Waals surface area (Å²) in [7, 11) is 0. The van der Waals surface area contributed by atoms with Crippen LogP contribution in [0.5, 0.6) is 0 Å². The molecule has 0 aromatic carbocycles. The molecule has 0 amide bonds. The average molecular weight is 285 g/mol. The molecule has 0 heterocycles. The van der Waals surface area contributed by atoms with Gasteiger partial charge in [-0.3, -0.25) is 0 Å². The van der Waals surface area contributed by atoms with Gasteiger partial charge in [0.05, 0.1) is 0 Å². The molecule has 0 aliphatic rings. The van der Waals surface area contributed by atoms with Crippen molar-refractivity contribution in [3.05, 3.63) is 26.3 Å². The first kappa shape index (κ1) is 58.4. The molecule has 0 saturated carbocycles. The maximum atomic E-state index is 6.25. The molecule has 0 aromatic heterocycles. The molecule has 0 aliphatic heterocycles. The maximum absolute atomic E-state index is 6.25. The Balaban J connectivity index is -0.00000000267. The Labute approximate surface area is 212 Å². The van der Waals surface area contributed by atoms with Gasteiger partial charge in [-0.15, -0.1) is 0 Å². The Morgan fingerprint density at radius 2 is 0.417 bits per heavy atom. The fourth-order valence-corrected chi connectivity index (χ4v) is 0. The van der Waals surface area contributed by atoms with E-state index in [-0.39, 0.29) is 171 Å². The van der Waals surface area contributed by atoms with E-state index in [1.165, 1.54) is 0 Å². The van der Waals surface area contributed by atoms with Gasteiger partial charge in [-0.2, -0.15) is 0 Å². The minimum Gasteiger partial charge on any atom is -0.512 e. The molecule has 0 N–H and O–H groups in total. The molecule has 4 radical (unpaired) electrons. The summed E-state index contributed by atoms with van der Waals surface area (Å²) in [6.45, 7) is 19.0. The normalized spacial score (nSPS) is 0.667. The summed E-state index contributed by atoms with van der Waals surface area (Å²) < 4.78 is 0. The smallest absolute Gasteiger partial charge is 0 e. The molecule has 0 spiro atoms. The average Bonchev–Trinajstić information content (AvgIpc) is 2.03. The van der Waals surface area contributed by atoms with Crippen molar-refractivity contribution in [1.29, 1.82) is 21.0 Å². The third kappa shape index (κ3) is 179. The van der Waals surface area contributed by atoms with Crippen LogP contribution < -0.4 is 0 Å². The Morgan fingerprint density at radius 1 is 0.417 bits per heavy atom. The predicted octanol–water partition coefficient (Wildman–Crippen LogP) is -0.759. The quantitative estimate of drug-likeness (QED) is 0.431. The van der Waals surface area contributed by atoms with E-state index in [2.05, 4.69) is 0 Å². The standard InChI is InChI=1S/4CN.Cu.3K/c4*1-2;;;;/q4*-1;;;;. The second kappa shape index (κ2) is 225. The van der Waals surface area contributed by atoms with Crippen molar-refractivity contribution in [3.63, 3.8) is 0 Å². The molecule has 12 heavy (non-hydrogen) atoms. The van der Waals surface area contributed by atoms with Crippen LogP contribution in [0.25, 0.3) is 0 Å². The fourth-order valence-electron chi connectivity index (χ4n) is 0. The van der Waals surface area contributed by atoms with Crippen LogP contribution in [0.4, 0.5) is 0 Å². The topological polar surface area (TPSA) is 95.2 Å². The molecule has 0 saturated heterocycles. The molecule has 0 fully saturated rings. The zero-order valence-electron chi connectivity index (χ0n) is 7.09. The van der Waals surface area contributed by atoms with Gasteiger partial charge in [-0.1, -0.05) is 0 Å². The largest absolute Gasteiger partial charge is 0.512 e. The summed E-state index contributed by atoms with van der Waals surface area (Å²) in [5.41, 5.74) is 0. The van der Waals surface area contributed by atoms with Crippen LogP contribution in [0.15, 0.2) is 0 Å². The molecule has 0 atom stereocenters. The summed E-state index contributed by atoms with van der Waals surface area (Å²) >= 11 is 0. The SMILES string of the molecule is [C-]#N.[C-]#N.[C-]#N.[C-]#N.[Cu].[K].[K].[K]. The van der Waals surface area contributed by atoms with Gasteiger partial charge in [0.2, 0.25) is 0 Å². The van der Waals surface area contributed by atoms with Crippen LogP contribution in [0.3, 0.4) is 0 Å². The number of rotatable bonds is 0. The van der Waals surface area contributed by atoms with Gasteiger partial charge in [0, 0.05) is 171 Å². The second-order valence-corrected chi connectivity index (χ2v) is 0. The van der Waals surface area contributed by atoms with Gasteiger partial charge in [-0.25, -0.2) is 0 Å². The zero-order valence-corrected chi connectivity index (χ0v) is 17.4. The van der Waals surface area contributed by atoms with Crippen molar-refractivity contribution < 1.29 is 17.1 Å². The van der Waals surface area contributed by atoms with Gasteiger partial charge in [0.25, 0.3) is 0 Å². The summed E-state index contributed by atoms with van der Waals surface area (Å²) in [5, 5.41) is 25.0. The molecular weight excluding hydrogens is 285 g/mol. The third-order valence-electron chi connectivity index (χ3n) is 0. The van der Waals surface area contributed by atoms with E-state index in [4.69, 9.17) is 47.3 Å². The van der Waals surface area contributed by atoms with Crippen molar-refractivity contribution in [2.75, 3.05) is 0 Å². The molecule has 0 aliphatic carbocycles. The predicted molar refractivity (Wildman–Crippen MR) is 37.1 cm³/mol. The van der Waals surface area contributed by atoms with Gasteiger partial charge in [0.15, 0.2) is 0 Å². The number of hydrogen-bond donors (Lipinski definition) is 0. The van der Waals surface area contributed by atoms with Crippen molar-refractivity contribution in [3.8, 4) is 0 Å². The Morgan fingerprint density at radius 3 is 0.417 bits per heavy atom. The van der Waals surface area contributed by atoms with E-state index in [0.717, 1.165) is 0 Å². The van der Waals surface area contributed by atoms with Crippen LogP contribution in [0.2, 0.25) is 0 Å². The number of nitrogens with zero attached hydrogens (tertiary/aromatic N) is 4. The molecule has 4 nitrogen and oxygen atoms in total. The van der Waals surface area contributed by atoms with Crippen molar-refractivity contribution in [2.45, 2.75) is 0 Å². The van der Waals surface area contributed by atoms with Crippen LogP contribution in [-0.2, 0) is 17.1 Å². The first-order chi connectivity index (χ1) is 4.00. The minimum atomic E-state index is 0. The van der Waals surface area contributed by atoms with E-state index >= 15 is 0 Å². The van der Waals surface area contributed by atoms with Crippen molar-refractivity contribution in [2.24, 2.45) is 0 Å². The first-order valence-corrected chi connectivity index (χ1v) is 0.894. The van der Waals surface area contributed by atoms with E-state index in [9.17, 15) is 0 Å². The molecule has 0 unspecified atom stereocenters. The van der Waals surface area contributed by atoms with Crippen LogP contribution >= 0.6 is 0 Å². The van der Waals surface area contributed by atoms with Gasteiger partial charge < -0.3 is 47.3 Å². The molecule has 0 bridgehead atoms.